The van der Waals surface area contributed by atoms with Gasteiger partial charge in [0.25, 0.3) is 0 Å². The molecule has 0 saturated heterocycles. The number of nitrogens with one attached hydrogen (secondary N) is 1. The zero-order chi connectivity index (χ0) is 17.4. The minimum Gasteiger partial charge on any atom is -0.494 e. The second-order valence-electron chi connectivity index (χ2n) is 6.60. The van der Waals surface area contributed by atoms with Gasteiger partial charge in [0.2, 0.25) is 5.88 Å². The second-order valence-corrected chi connectivity index (χ2v) is 7.66. The first kappa shape index (κ1) is 16.1. The molecule has 0 amide bonds. The molecule has 1 aliphatic carbocycles. The molecule has 2 unspecified atom stereocenters. The van der Waals surface area contributed by atoms with Crippen LogP contribution in [-0.2, 0) is 19.3 Å². The first-order chi connectivity index (χ1) is 12.1. The van der Waals surface area contributed by atoms with Gasteiger partial charge in [0, 0.05) is 6.42 Å². The van der Waals surface area contributed by atoms with E-state index in [1.807, 2.05) is 30.3 Å². The number of benzene rings is 2. The van der Waals surface area contributed by atoms with E-state index in [4.69, 9.17) is 0 Å². The molecule has 1 aromatic heterocycles. The average molecular weight is 353 g/mol. The number of rotatable bonds is 4. The predicted molar refractivity (Wildman–Crippen MR) is 98.2 cm³/mol. The van der Waals surface area contributed by atoms with E-state index in [0.717, 1.165) is 40.9 Å². The maximum atomic E-state index is 11.3. The van der Waals surface area contributed by atoms with E-state index < -0.39 is 6.10 Å². The smallest absolute Gasteiger partial charge is 0.307 e. The molecule has 0 bridgehead atoms. The third-order valence-electron chi connectivity index (χ3n) is 4.86. The third kappa shape index (κ3) is 3.25. The fraction of sp³-hybridized carbons (Fsp3) is 0.250. The lowest BCUT2D eigenvalue weighted by Crippen LogP contribution is -2.10. The first-order valence-electron chi connectivity index (χ1n) is 8.35. The lowest BCUT2D eigenvalue weighted by molar-refractivity contribution is 0.123. The SMILES string of the molecule is O=c1[nH]c(O)c(Cc2ccc3c(c2)CC(Cc2ccccc2)C3O)s1. The molecule has 0 aliphatic heterocycles. The normalized spacial score (nSPS) is 19.1. The van der Waals surface area contributed by atoms with Crippen LogP contribution >= 0.6 is 11.3 Å². The number of hydrogen-bond acceptors (Lipinski definition) is 4. The summed E-state index contributed by atoms with van der Waals surface area (Å²) >= 11 is 1.03. The molecular formula is C20H19NO3S. The van der Waals surface area contributed by atoms with Gasteiger partial charge in [0.1, 0.15) is 0 Å². The zero-order valence-electron chi connectivity index (χ0n) is 13.6. The van der Waals surface area contributed by atoms with Gasteiger partial charge in [0.15, 0.2) is 0 Å². The Bertz CT molecular complexity index is 945. The Hall–Kier alpha value is -2.37. The summed E-state index contributed by atoms with van der Waals surface area (Å²) < 4.78 is 0. The maximum absolute atomic E-state index is 11.3. The Balaban J connectivity index is 1.54. The molecule has 0 radical (unpaired) electrons. The van der Waals surface area contributed by atoms with E-state index in [1.54, 1.807) is 0 Å². The van der Waals surface area contributed by atoms with E-state index in [-0.39, 0.29) is 16.7 Å². The van der Waals surface area contributed by atoms with Crippen molar-refractivity contribution in [2.24, 2.45) is 5.92 Å². The topological polar surface area (TPSA) is 73.3 Å². The molecule has 2 atom stereocenters. The summed E-state index contributed by atoms with van der Waals surface area (Å²) in [5.74, 6) is 0.141. The van der Waals surface area contributed by atoms with Crippen LogP contribution in [0.15, 0.2) is 53.3 Å². The minimum absolute atomic E-state index is 0.0440. The fourth-order valence-corrected chi connectivity index (χ4v) is 4.40. The van der Waals surface area contributed by atoms with Gasteiger partial charge in [0.05, 0.1) is 11.0 Å². The summed E-state index contributed by atoms with van der Waals surface area (Å²) in [6, 6.07) is 16.3. The van der Waals surface area contributed by atoms with Crippen molar-refractivity contribution < 1.29 is 10.2 Å². The van der Waals surface area contributed by atoms with Gasteiger partial charge in [-0.25, -0.2) is 0 Å². The van der Waals surface area contributed by atoms with Crippen molar-refractivity contribution in [2.75, 3.05) is 0 Å². The summed E-state index contributed by atoms with van der Waals surface area (Å²) in [5.41, 5.74) is 4.43. The number of fused-ring (bicyclic) bond motifs is 1. The van der Waals surface area contributed by atoms with Gasteiger partial charge < -0.3 is 10.2 Å². The summed E-state index contributed by atoms with van der Waals surface area (Å²) in [6.07, 6.45) is 1.77. The first-order valence-corrected chi connectivity index (χ1v) is 9.16. The Morgan fingerprint density at radius 2 is 1.92 bits per heavy atom. The van der Waals surface area contributed by atoms with E-state index in [9.17, 15) is 15.0 Å². The minimum atomic E-state index is -0.444. The van der Waals surface area contributed by atoms with E-state index >= 15 is 0 Å². The van der Waals surface area contributed by atoms with Crippen LogP contribution in [0.4, 0.5) is 0 Å². The van der Waals surface area contributed by atoms with Crippen molar-refractivity contribution in [3.8, 4) is 5.88 Å². The zero-order valence-corrected chi connectivity index (χ0v) is 14.4. The molecule has 0 saturated carbocycles. The highest BCUT2D eigenvalue weighted by Gasteiger charge is 2.31. The monoisotopic (exact) mass is 353 g/mol. The summed E-state index contributed by atoms with van der Waals surface area (Å²) in [5, 5.41) is 20.4. The largest absolute Gasteiger partial charge is 0.494 e. The van der Waals surface area contributed by atoms with Crippen LogP contribution in [0.5, 0.6) is 5.88 Å². The molecule has 0 spiro atoms. The number of aliphatic hydroxyl groups excluding tert-OH is 1. The lowest BCUT2D eigenvalue weighted by Gasteiger charge is -2.14. The number of H-pyrrole nitrogens is 1. The second kappa shape index (κ2) is 6.50. The predicted octanol–water partition coefficient (Wildman–Crippen LogP) is 3.18. The molecule has 0 fully saturated rings. The van der Waals surface area contributed by atoms with Gasteiger partial charge >= 0.3 is 4.87 Å². The van der Waals surface area contributed by atoms with Crippen molar-refractivity contribution >= 4 is 11.3 Å². The lowest BCUT2D eigenvalue weighted by atomic mass is 9.95. The quantitative estimate of drug-likeness (QED) is 0.674. The number of aromatic amines is 1. The standard InChI is InChI=1S/C20H19NO3S/c22-18-15(8-12-4-2-1-3-5-12)11-14-9-13(6-7-16(14)18)10-17-19(23)21-20(24)25-17/h1-7,9,15,18,22-23H,8,10-11H2,(H,21,24). The van der Waals surface area contributed by atoms with Crippen LogP contribution in [0.2, 0.25) is 0 Å². The van der Waals surface area contributed by atoms with Crippen LogP contribution in [0.3, 0.4) is 0 Å². The molecule has 3 aromatic rings. The van der Waals surface area contributed by atoms with Gasteiger partial charge in [-0.05, 0) is 41.0 Å². The number of aromatic nitrogens is 1. The highest BCUT2D eigenvalue weighted by Crippen LogP contribution is 2.38. The molecule has 128 valence electrons. The van der Waals surface area contributed by atoms with Gasteiger partial charge in [-0.15, -0.1) is 0 Å². The van der Waals surface area contributed by atoms with Crippen LogP contribution in [0.25, 0.3) is 0 Å². The fourth-order valence-electron chi connectivity index (χ4n) is 3.64. The van der Waals surface area contributed by atoms with E-state index in [0.29, 0.717) is 11.3 Å². The summed E-state index contributed by atoms with van der Waals surface area (Å²) in [6.45, 7) is 0. The Morgan fingerprint density at radius 3 is 2.64 bits per heavy atom. The Morgan fingerprint density at radius 1 is 1.12 bits per heavy atom. The van der Waals surface area contributed by atoms with Crippen molar-refractivity contribution in [1.82, 2.24) is 4.98 Å². The van der Waals surface area contributed by atoms with Crippen LogP contribution in [0, 0.1) is 5.92 Å². The Kier molecular flexibility index (Phi) is 4.19. The molecule has 4 nitrogen and oxygen atoms in total. The molecule has 1 heterocycles. The van der Waals surface area contributed by atoms with Crippen molar-refractivity contribution in [1.29, 1.82) is 0 Å². The van der Waals surface area contributed by atoms with Crippen molar-refractivity contribution in [2.45, 2.75) is 25.4 Å². The molecule has 3 N–H and O–H groups in total. The van der Waals surface area contributed by atoms with E-state index in [2.05, 4.69) is 23.2 Å². The number of hydrogen-bond donors (Lipinski definition) is 3. The summed E-state index contributed by atoms with van der Waals surface area (Å²) in [4.78, 5) is 14.1. The molecule has 25 heavy (non-hydrogen) atoms. The number of thiazole rings is 1. The Labute approximate surface area is 149 Å². The molecule has 2 aromatic carbocycles. The molecule has 1 aliphatic rings. The van der Waals surface area contributed by atoms with Crippen LogP contribution < -0.4 is 4.87 Å². The summed E-state index contributed by atoms with van der Waals surface area (Å²) in [7, 11) is 0. The van der Waals surface area contributed by atoms with Crippen LogP contribution in [0.1, 0.15) is 33.2 Å². The van der Waals surface area contributed by atoms with Crippen molar-refractivity contribution in [3.05, 3.63) is 85.3 Å². The maximum Gasteiger partial charge on any atom is 0.307 e. The van der Waals surface area contributed by atoms with E-state index in [1.165, 1.54) is 5.56 Å². The molecular weight excluding hydrogens is 334 g/mol. The molecule has 4 rings (SSSR count). The highest BCUT2D eigenvalue weighted by molar-refractivity contribution is 7.09. The van der Waals surface area contributed by atoms with Crippen LogP contribution in [-0.4, -0.2) is 15.2 Å². The highest BCUT2D eigenvalue weighted by atomic mass is 32.1. The van der Waals surface area contributed by atoms with Gasteiger partial charge in [-0.1, -0.05) is 59.9 Å². The number of aliphatic hydroxyl groups is 1. The third-order valence-corrected chi connectivity index (χ3v) is 5.73. The van der Waals surface area contributed by atoms with Crippen molar-refractivity contribution in [3.63, 3.8) is 0 Å². The molecule has 5 heteroatoms. The van der Waals surface area contributed by atoms with Gasteiger partial charge in [-0.2, -0.15) is 0 Å². The average Bonchev–Trinajstić information content (AvgIpc) is 3.07. The van der Waals surface area contributed by atoms with Gasteiger partial charge in [-0.3, -0.25) is 9.78 Å². The number of aromatic hydroxyl groups is 1.